The van der Waals surface area contributed by atoms with Gasteiger partial charge >= 0.3 is 0 Å². The number of hydrogen-bond acceptors (Lipinski definition) is 1. The van der Waals surface area contributed by atoms with Gasteiger partial charge in [-0.2, -0.15) is 0 Å². The van der Waals surface area contributed by atoms with Crippen molar-refractivity contribution in [3.05, 3.63) is 152 Å². The molecule has 0 saturated heterocycles. The summed E-state index contributed by atoms with van der Waals surface area (Å²) in [6.07, 6.45) is 0. The summed E-state index contributed by atoms with van der Waals surface area (Å²) in [5.74, 6) is 0. The summed E-state index contributed by atoms with van der Waals surface area (Å²) in [5.41, 5.74) is 10.3. The van der Waals surface area contributed by atoms with E-state index in [0.29, 0.717) is 0 Å². The molecule has 10 rings (SSSR count). The van der Waals surface area contributed by atoms with Crippen molar-refractivity contribution in [1.82, 2.24) is 14.0 Å². The van der Waals surface area contributed by atoms with E-state index in [1.54, 1.807) is 0 Å². The standard InChI is InChI=1S/C41H25N3/c1-2-11-27-24-29(21-20-26(27)10-1)28-12-9-13-30(25-28)43-36-18-7-5-16-34(36)39-38(43)23-22-32-31-14-3-4-15-33(31)41-42-35-17-6-8-19-37(35)44(41)40(32)39/h1-25H. The highest BCUT2D eigenvalue weighted by molar-refractivity contribution is 6.26. The SMILES string of the molecule is c1cc(-c2ccc3ccccc3c2)cc(-n2c3ccccc3c3c2ccc2c4ccccc4c4nc5ccccc5n4c23)c1. The lowest BCUT2D eigenvalue weighted by molar-refractivity contribution is 1.18. The second kappa shape index (κ2) is 8.79. The number of nitrogens with zero attached hydrogens (tertiary/aromatic N) is 3. The summed E-state index contributed by atoms with van der Waals surface area (Å²) >= 11 is 0. The zero-order chi connectivity index (χ0) is 28.8. The van der Waals surface area contributed by atoms with Crippen LogP contribution in [0.15, 0.2) is 152 Å². The minimum Gasteiger partial charge on any atom is -0.309 e. The van der Waals surface area contributed by atoms with Crippen molar-refractivity contribution in [3.8, 4) is 16.8 Å². The third-order valence-electron chi connectivity index (χ3n) is 9.24. The summed E-state index contributed by atoms with van der Waals surface area (Å²) < 4.78 is 4.81. The Morgan fingerprint density at radius 2 is 1.16 bits per heavy atom. The van der Waals surface area contributed by atoms with Crippen molar-refractivity contribution in [1.29, 1.82) is 0 Å². The summed E-state index contributed by atoms with van der Waals surface area (Å²) in [6.45, 7) is 0. The van der Waals surface area contributed by atoms with E-state index in [9.17, 15) is 0 Å². The van der Waals surface area contributed by atoms with Crippen molar-refractivity contribution < 1.29 is 0 Å². The number of benzene rings is 7. The molecular weight excluding hydrogens is 534 g/mol. The van der Waals surface area contributed by atoms with E-state index in [-0.39, 0.29) is 0 Å². The van der Waals surface area contributed by atoms with Crippen LogP contribution >= 0.6 is 0 Å². The summed E-state index contributed by atoms with van der Waals surface area (Å²) in [6, 6.07) is 54.8. The van der Waals surface area contributed by atoms with Crippen molar-refractivity contribution in [2.45, 2.75) is 0 Å². The van der Waals surface area contributed by atoms with Gasteiger partial charge in [-0.05, 0) is 69.8 Å². The molecule has 0 radical (unpaired) electrons. The number of rotatable bonds is 2. The highest BCUT2D eigenvalue weighted by Gasteiger charge is 2.20. The van der Waals surface area contributed by atoms with E-state index >= 15 is 0 Å². The third-order valence-corrected chi connectivity index (χ3v) is 9.24. The molecular formula is C41H25N3. The van der Waals surface area contributed by atoms with Crippen molar-refractivity contribution in [2.24, 2.45) is 0 Å². The highest BCUT2D eigenvalue weighted by atomic mass is 15.0. The smallest absolute Gasteiger partial charge is 0.146 e. The molecule has 0 aliphatic carbocycles. The van der Waals surface area contributed by atoms with Gasteiger partial charge in [-0.15, -0.1) is 0 Å². The van der Waals surface area contributed by atoms with Gasteiger partial charge in [0.1, 0.15) is 5.65 Å². The first-order chi connectivity index (χ1) is 21.8. The molecule has 7 aromatic carbocycles. The zero-order valence-electron chi connectivity index (χ0n) is 23.8. The molecule has 3 nitrogen and oxygen atoms in total. The Labute approximate surface area is 252 Å². The highest BCUT2D eigenvalue weighted by Crippen LogP contribution is 2.41. The van der Waals surface area contributed by atoms with Crippen LogP contribution in [0.2, 0.25) is 0 Å². The molecule has 0 fully saturated rings. The van der Waals surface area contributed by atoms with Gasteiger partial charge in [0, 0.05) is 27.2 Å². The van der Waals surface area contributed by atoms with Gasteiger partial charge in [0.25, 0.3) is 0 Å². The molecule has 10 aromatic rings. The molecule has 0 N–H and O–H groups in total. The molecule has 0 unspecified atom stereocenters. The van der Waals surface area contributed by atoms with Gasteiger partial charge in [0.05, 0.1) is 27.6 Å². The monoisotopic (exact) mass is 559 g/mol. The van der Waals surface area contributed by atoms with Crippen LogP contribution in [0.3, 0.4) is 0 Å². The molecule has 0 aliphatic rings. The Balaban J connectivity index is 1.34. The van der Waals surface area contributed by atoms with Crippen LogP contribution in [-0.4, -0.2) is 14.0 Å². The molecule has 0 bridgehead atoms. The average molecular weight is 560 g/mol. The molecule has 3 heteroatoms. The van der Waals surface area contributed by atoms with E-state index in [1.165, 1.54) is 65.4 Å². The Morgan fingerprint density at radius 1 is 0.432 bits per heavy atom. The minimum absolute atomic E-state index is 0.997. The van der Waals surface area contributed by atoms with E-state index in [1.807, 2.05) is 0 Å². The number of imidazole rings is 1. The number of para-hydroxylation sites is 3. The number of pyridine rings is 1. The Bertz CT molecular complexity index is 2780. The van der Waals surface area contributed by atoms with Gasteiger partial charge in [-0.3, -0.25) is 4.40 Å². The van der Waals surface area contributed by atoms with Crippen LogP contribution in [0.5, 0.6) is 0 Å². The average Bonchev–Trinajstić information content (AvgIpc) is 3.65. The molecule has 3 aromatic heterocycles. The van der Waals surface area contributed by atoms with Gasteiger partial charge in [0.2, 0.25) is 0 Å². The van der Waals surface area contributed by atoms with Crippen LogP contribution < -0.4 is 0 Å². The Kier molecular flexibility index (Phi) is 4.72. The first-order valence-corrected chi connectivity index (χ1v) is 15.1. The molecule has 44 heavy (non-hydrogen) atoms. The second-order valence-corrected chi connectivity index (χ2v) is 11.6. The Hall–Kier alpha value is -5.93. The van der Waals surface area contributed by atoms with E-state index in [2.05, 4.69) is 161 Å². The van der Waals surface area contributed by atoms with E-state index < -0.39 is 0 Å². The molecule has 0 saturated carbocycles. The van der Waals surface area contributed by atoms with Gasteiger partial charge < -0.3 is 4.57 Å². The lowest BCUT2D eigenvalue weighted by Crippen LogP contribution is -1.96. The van der Waals surface area contributed by atoms with Crippen LogP contribution in [0, 0.1) is 0 Å². The van der Waals surface area contributed by atoms with Crippen LogP contribution in [0.1, 0.15) is 0 Å². The molecule has 204 valence electrons. The first-order valence-electron chi connectivity index (χ1n) is 15.1. The van der Waals surface area contributed by atoms with Crippen molar-refractivity contribution in [3.63, 3.8) is 0 Å². The fourth-order valence-corrected chi connectivity index (χ4v) is 7.31. The maximum absolute atomic E-state index is 5.17. The number of fused-ring (bicyclic) bond motifs is 13. The van der Waals surface area contributed by atoms with E-state index in [0.717, 1.165) is 22.4 Å². The zero-order valence-corrected chi connectivity index (χ0v) is 23.8. The summed E-state index contributed by atoms with van der Waals surface area (Å²) in [7, 11) is 0. The van der Waals surface area contributed by atoms with Gasteiger partial charge in [-0.1, -0.05) is 109 Å². The predicted octanol–water partition coefficient (Wildman–Crippen LogP) is 10.7. The minimum atomic E-state index is 0.997. The second-order valence-electron chi connectivity index (χ2n) is 11.6. The molecule has 3 heterocycles. The fourth-order valence-electron chi connectivity index (χ4n) is 7.31. The normalized spacial score (nSPS) is 12.1. The largest absolute Gasteiger partial charge is 0.309 e. The van der Waals surface area contributed by atoms with Crippen molar-refractivity contribution in [2.75, 3.05) is 0 Å². The quantitative estimate of drug-likeness (QED) is 0.193. The Morgan fingerprint density at radius 3 is 2.07 bits per heavy atom. The lowest BCUT2D eigenvalue weighted by Gasteiger charge is -2.13. The molecule has 0 spiro atoms. The lowest BCUT2D eigenvalue weighted by atomic mass is 10.0. The summed E-state index contributed by atoms with van der Waals surface area (Å²) in [5, 5.41) is 8.61. The van der Waals surface area contributed by atoms with Crippen LogP contribution in [-0.2, 0) is 0 Å². The van der Waals surface area contributed by atoms with Gasteiger partial charge in [-0.25, -0.2) is 4.98 Å². The third kappa shape index (κ3) is 3.18. The van der Waals surface area contributed by atoms with Gasteiger partial charge in [0.15, 0.2) is 0 Å². The molecule has 0 amide bonds. The molecule has 0 aliphatic heterocycles. The van der Waals surface area contributed by atoms with Crippen LogP contribution in [0.4, 0.5) is 0 Å². The van der Waals surface area contributed by atoms with Crippen molar-refractivity contribution >= 4 is 70.9 Å². The maximum atomic E-state index is 5.17. The first kappa shape index (κ1) is 23.6. The van der Waals surface area contributed by atoms with E-state index in [4.69, 9.17) is 4.98 Å². The number of hydrogen-bond donors (Lipinski definition) is 0. The number of aromatic nitrogens is 3. The predicted molar refractivity (Wildman–Crippen MR) is 185 cm³/mol. The summed E-state index contributed by atoms with van der Waals surface area (Å²) in [4.78, 5) is 5.17. The maximum Gasteiger partial charge on any atom is 0.146 e. The fraction of sp³-hybridized carbons (Fsp3) is 0. The topological polar surface area (TPSA) is 22.2 Å². The van der Waals surface area contributed by atoms with Crippen LogP contribution in [0.25, 0.3) is 87.7 Å². The molecule has 0 atom stereocenters.